The van der Waals surface area contributed by atoms with E-state index in [0.717, 1.165) is 109 Å². The van der Waals surface area contributed by atoms with Crippen LogP contribution in [-0.4, -0.2) is 131 Å². The van der Waals surface area contributed by atoms with Gasteiger partial charge in [-0.05, 0) is 151 Å². The Bertz CT molecular complexity index is 3940. The molecule has 2 atom stereocenters. The van der Waals surface area contributed by atoms with Gasteiger partial charge in [0.1, 0.15) is 30.3 Å². The van der Waals surface area contributed by atoms with Crippen LogP contribution in [0.25, 0.3) is 44.7 Å². The number of nitrogens with one attached hydrogen (secondary N) is 1. The molecule has 17 nitrogen and oxygen atoms in total. The lowest BCUT2D eigenvalue weighted by molar-refractivity contribution is -0.134. The molecule has 1 amide bonds. The van der Waals surface area contributed by atoms with Crippen molar-refractivity contribution in [3.63, 3.8) is 0 Å². The van der Waals surface area contributed by atoms with Crippen LogP contribution in [0.5, 0.6) is 34.5 Å². The van der Waals surface area contributed by atoms with Crippen LogP contribution in [-0.2, 0) is 24.2 Å². The Kier molecular flexibility index (Phi) is 21.0. The first-order valence-corrected chi connectivity index (χ1v) is 33.1. The molecule has 92 heavy (non-hydrogen) atoms. The molecule has 2 fully saturated rings. The van der Waals surface area contributed by atoms with Gasteiger partial charge in [-0.1, -0.05) is 68.5 Å². The number of esters is 2. The maximum atomic E-state index is 15.3. The second-order valence-electron chi connectivity index (χ2n) is 24.5. The van der Waals surface area contributed by atoms with Gasteiger partial charge in [0.2, 0.25) is 16.9 Å². The number of carbonyl (C=O) groups is 3. The highest BCUT2D eigenvalue weighted by Crippen LogP contribution is 2.46. The molecule has 0 unspecified atom stereocenters. The van der Waals surface area contributed by atoms with Crippen LogP contribution in [0.2, 0.25) is 0 Å². The van der Waals surface area contributed by atoms with Crippen LogP contribution in [0, 0.1) is 5.92 Å². The van der Waals surface area contributed by atoms with Crippen molar-refractivity contribution in [3.8, 4) is 68.2 Å². The normalized spacial score (nSPS) is 16.1. The van der Waals surface area contributed by atoms with Gasteiger partial charge in [-0.3, -0.25) is 14.5 Å². The summed E-state index contributed by atoms with van der Waals surface area (Å²) < 4.78 is 47.3. The number of hydrogen-bond donors (Lipinski definition) is 1. The highest BCUT2D eigenvalue weighted by atomic mass is 16.6. The van der Waals surface area contributed by atoms with Gasteiger partial charge in [0.15, 0.2) is 23.0 Å². The highest BCUT2D eigenvalue weighted by molar-refractivity contribution is 6.09. The number of rotatable bonds is 25. The summed E-state index contributed by atoms with van der Waals surface area (Å²) in [6.45, 7) is 15.8. The van der Waals surface area contributed by atoms with E-state index in [0.29, 0.717) is 70.1 Å². The van der Waals surface area contributed by atoms with E-state index in [1.54, 1.807) is 51.7 Å². The summed E-state index contributed by atoms with van der Waals surface area (Å²) in [6.07, 6.45) is 12.8. The smallest absolute Gasteiger partial charge is 0.344 e. The standard InChI is InChI=1S/C75H89N7O10/c1-10-79(11-2)54-31-33-59-64(45-54)90-65-46-55(80(12-3)13-4)32-34-60(65)69(59)57-26-17-18-27-58(57)75(85)92-72-63(86-6)35-30-51(29-28-50-42-66(87-7)71(89-9)67(43-50)88-8)70(72)91-68(83)36-37-76-74(84)53-24-19-23-52(44-53)61-48-82-40-39-81(47-56-25-20-38-78(56)5)62(73(82)77-61)41-49-21-15-14-16-22-49/h17-19,23-24,26-27,30-35,42-46,48-49,56,62H,10-16,20-22,25,28-29,36-41,47H2,1-9H3/p+1/t56-,62-/m0/s1. The Hall–Kier alpha value is -8.67. The number of imidazole rings is 1. The zero-order chi connectivity index (χ0) is 64.4. The first kappa shape index (κ1) is 64.8. The molecule has 0 bridgehead atoms. The minimum atomic E-state index is -0.710. The number of ether oxygens (including phenoxy) is 6. The fourth-order valence-electron chi connectivity index (χ4n) is 14.1. The molecule has 1 N–H and O–H groups in total. The van der Waals surface area contributed by atoms with E-state index < -0.39 is 11.9 Å². The van der Waals surface area contributed by atoms with Crippen molar-refractivity contribution >= 4 is 34.5 Å². The topological polar surface area (TPSA) is 162 Å². The lowest BCUT2D eigenvalue weighted by Crippen LogP contribution is -2.45. The zero-order valence-electron chi connectivity index (χ0n) is 55.1. The maximum absolute atomic E-state index is 15.3. The number of fused-ring (bicyclic) bond motifs is 3. The van der Waals surface area contributed by atoms with E-state index >= 15 is 4.79 Å². The predicted octanol–water partition coefficient (Wildman–Crippen LogP) is 12.9. The second kappa shape index (κ2) is 29.7. The number of likely N-dealkylation sites (tertiary alicyclic amines) is 1. The monoisotopic (exact) mass is 1250 g/mol. The highest BCUT2D eigenvalue weighted by Gasteiger charge is 2.36. The lowest BCUT2D eigenvalue weighted by Gasteiger charge is -2.40. The van der Waals surface area contributed by atoms with Crippen LogP contribution >= 0.6 is 0 Å². The number of amides is 1. The van der Waals surface area contributed by atoms with Gasteiger partial charge in [0.05, 0.1) is 58.2 Å². The summed E-state index contributed by atoms with van der Waals surface area (Å²) >= 11 is 0. The molecule has 6 aromatic rings. The summed E-state index contributed by atoms with van der Waals surface area (Å²) in [7, 11) is 8.41. The Morgan fingerprint density at radius 1 is 0.707 bits per heavy atom. The molecule has 1 saturated heterocycles. The molecule has 484 valence electrons. The molecule has 3 aliphatic heterocycles. The third kappa shape index (κ3) is 14.0. The average Bonchev–Trinajstić information content (AvgIpc) is 1.19. The summed E-state index contributed by atoms with van der Waals surface area (Å²) in [5, 5.41) is 4.80. The van der Waals surface area contributed by atoms with Crippen molar-refractivity contribution in [1.82, 2.24) is 29.2 Å². The number of carbonyl (C=O) groups excluding carboxylic acids is 3. The molecule has 2 aliphatic carbocycles. The van der Waals surface area contributed by atoms with Gasteiger partial charge in [-0.15, -0.1) is 0 Å². The van der Waals surface area contributed by atoms with Crippen molar-refractivity contribution in [1.29, 1.82) is 0 Å². The van der Waals surface area contributed by atoms with Crippen LogP contribution in [0.4, 0.5) is 5.69 Å². The first-order valence-electron chi connectivity index (χ1n) is 33.1. The average molecular weight is 1250 g/mol. The molecule has 5 aromatic carbocycles. The molecular formula is C75H90N7O10+. The van der Waals surface area contributed by atoms with E-state index in [1.165, 1.54) is 52.1 Å². The lowest BCUT2D eigenvalue weighted by atomic mass is 9.84. The Labute approximate surface area is 541 Å². The quantitative estimate of drug-likeness (QED) is 0.0249. The van der Waals surface area contributed by atoms with Gasteiger partial charge >= 0.3 is 11.9 Å². The van der Waals surface area contributed by atoms with Crippen molar-refractivity contribution < 1.29 is 47.2 Å². The van der Waals surface area contributed by atoms with Crippen molar-refractivity contribution in [3.05, 3.63) is 149 Å². The maximum Gasteiger partial charge on any atom is 0.344 e. The first-order chi connectivity index (χ1) is 44.9. The minimum Gasteiger partial charge on any atom is -0.493 e. The van der Waals surface area contributed by atoms with E-state index in [4.69, 9.17) is 37.8 Å². The van der Waals surface area contributed by atoms with Crippen LogP contribution in [0.1, 0.15) is 129 Å². The molecule has 1 saturated carbocycles. The summed E-state index contributed by atoms with van der Waals surface area (Å²) in [5.74, 6) is 2.28. The van der Waals surface area contributed by atoms with Crippen LogP contribution in [0.15, 0.2) is 120 Å². The largest absolute Gasteiger partial charge is 0.493 e. The number of benzene rings is 6. The number of aryl methyl sites for hydroxylation is 2. The number of aromatic nitrogens is 2. The third-order valence-corrected chi connectivity index (χ3v) is 19.2. The number of hydrogen-bond acceptors (Lipinski definition) is 14. The zero-order valence-corrected chi connectivity index (χ0v) is 55.1. The molecule has 0 radical (unpaired) electrons. The van der Waals surface area contributed by atoms with Gasteiger partial charge in [-0.2, -0.15) is 0 Å². The van der Waals surface area contributed by atoms with Crippen LogP contribution < -0.4 is 48.6 Å². The van der Waals surface area contributed by atoms with Gasteiger partial charge < -0.3 is 52.5 Å². The third-order valence-electron chi connectivity index (χ3n) is 19.2. The van der Waals surface area contributed by atoms with Crippen molar-refractivity contribution in [2.24, 2.45) is 5.92 Å². The Balaban J connectivity index is 0.874. The summed E-state index contributed by atoms with van der Waals surface area (Å²) in [4.78, 5) is 56.6. The predicted molar refractivity (Wildman–Crippen MR) is 361 cm³/mol. The Morgan fingerprint density at radius 2 is 1.48 bits per heavy atom. The molecular weight excluding hydrogens is 1160 g/mol. The summed E-state index contributed by atoms with van der Waals surface area (Å²) in [6, 6.07) is 35.4. The Morgan fingerprint density at radius 3 is 2.20 bits per heavy atom. The molecule has 17 heteroatoms. The van der Waals surface area contributed by atoms with Gasteiger partial charge in [0.25, 0.3) is 5.91 Å². The van der Waals surface area contributed by atoms with Crippen LogP contribution in [0.3, 0.4) is 0 Å². The van der Waals surface area contributed by atoms with E-state index in [9.17, 15) is 9.59 Å². The number of nitrogens with zero attached hydrogens (tertiary/aromatic N) is 6. The number of likely N-dealkylation sites (N-methyl/N-ethyl adjacent to an activating group) is 1. The molecule has 1 aromatic heterocycles. The molecule has 11 rings (SSSR count). The second-order valence-corrected chi connectivity index (χ2v) is 24.5. The van der Waals surface area contributed by atoms with E-state index in [2.05, 4.69) is 106 Å². The molecule has 0 spiro atoms. The number of anilines is 1. The fourth-order valence-corrected chi connectivity index (χ4v) is 14.1. The number of methoxy groups -OCH3 is 4. The van der Waals surface area contributed by atoms with Crippen molar-refractivity contribution in [2.75, 3.05) is 92.7 Å². The minimum absolute atomic E-state index is 0.00617. The van der Waals surface area contributed by atoms with E-state index in [-0.39, 0.29) is 47.7 Å². The van der Waals surface area contributed by atoms with Crippen molar-refractivity contribution in [2.45, 2.75) is 117 Å². The summed E-state index contributed by atoms with van der Waals surface area (Å²) in [5.41, 5.74) is 7.71. The van der Waals surface area contributed by atoms with E-state index in [1.807, 2.05) is 42.5 Å². The van der Waals surface area contributed by atoms with Gasteiger partial charge in [-0.25, -0.2) is 14.4 Å². The van der Waals surface area contributed by atoms with Gasteiger partial charge in [0, 0.05) is 97.0 Å². The molecule has 4 heterocycles. The fraction of sp³-hybridized carbons (Fsp3) is 0.427. The molecule has 5 aliphatic rings. The SMILES string of the molecule is CCN(CC)c1ccc2c(-c3ccccc3C(=O)Oc3c(OC)ccc(CCc4cc(OC)c(OC)c(OC)c4)c3OC(=O)CCNC(=O)c3cccc(-c4cn5c(n4)[C@H](CC4CCCCC4)N(C[C@@H]4CCCN4C)CC5)c3)c3ccc(=[N+](CC)CC)cc-3oc2c1.